The molecule has 2 rings (SSSR count). The molecular formula is C22H44N2. The summed E-state index contributed by atoms with van der Waals surface area (Å²) in [5.41, 5.74) is 1.19. The third-order valence-corrected chi connectivity index (χ3v) is 7.15. The summed E-state index contributed by atoms with van der Waals surface area (Å²) < 4.78 is 0. The fraction of sp³-hybridized carbons (Fsp3) is 1.00. The van der Waals surface area contributed by atoms with Crippen LogP contribution in [0.4, 0.5) is 0 Å². The molecule has 0 N–H and O–H groups in total. The highest BCUT2D eigenvalue weighted by atomic mass is 15.2. The molecule has 0 spiro atoms. The lowest BCUT2D eigenvalue weighted by atomic mass is 9.73. The van der Waals surface area contributed by atoms with Crippen molar-refractivity contribution in [3.8, 4) is 0 Å². The number of nitrogens with zero attached hydrogens (tertiary/aromatic N) is 2. The molecule has 142 valence electrons. The molecule has 0 aromatic carbocycles. The van der Waals surface area contributed by atoms with Crippen molar-refractivity contribution in [3.63, 3.8) is 0 Å². The second-order valence-electron chi connectivity index (χ2n) is 11.5. The quantitative estimate of drug-likeness (QED) is 0.674. The van der Waals surface area contributed by atoms with Crippen LogP contribution in [-0.4, -0.2) is 47.1 Å². The molecule has 0 saturated carbocycles. The van der Waals surface area contributed by atoms with Crippen molar-refractivity contribution in [2.24, 2.45) is 23.2 Å². The standard InChI is InChI=1S/C22H44N2/c1-17(18-11-13-23(14-18)21(5,6)7)10-12-22(8,9)24-15-19(16-24)20(2,3)4/h17-19H,10-16H2,1-9H3. The van der Waals surface area contributed by atoms with E-state index in [9.17, 15) is 0 Å². The van der Waals surface area contributed by atoms with Gasteiger partial charge in [-0.2, -0.15) is 0 Å². The molecule has 0 aromatic rings. The molecular weight excluding hydrogens is 292 g/mol. The maximum Gasteiger partial charge on any atom is 0.0153 e. The average molecular weight is 337 g/mol. The highest BCUT2D eigenvalue weighted by molar-refractivity contribution is 4.96. The first-order valence-corrected chi connectivity index (χ1v) is 10.3. The van der Waals surface area contributed by atoms with Gasteiger partial charge < -0.3 is 0 Å². The minimum absolute atomic E-state index is 0.341. The van der Waals surface area contributed by atoms with Crippen LogP contribution in [0.5, 0.6) is 0 Å². The summed E-state index contributed by atoms with van der Waals surface area (Å²) in [5, 5.41) is 0. The Labute approximate surface area is 152 Å². The lowest BCUT2D eigenvalue weighted by Gasteiger charge is -2.54. The summed E-state index contributed by atoms with van der Waals surface area (Å²) in [6.07, 6.45) is 4.12. The molecule has 2 fully saturated rings. The van der Waals surface area contributed by atoms with Gasteiger partial charge in [0.25, 0.3) is 0 Å². The van der Waals surface area contributed by atoms with E-state index in [1.807, 2.05) is 0 Å². The first-order chi connectivity index (χ1) is 10.8. The molecule has 2 heterocycles. The van der Waals surface area contributed by atoms with Crippen molar-refractivity contribution < 1.29 is 0 Å². The Kier molecular flexibility index (Phi) is 5.83. The molecule has 2 atom stereocenters. The zero-order chi connectivity index (χ0) is 18.3. The molecule has 2 aliphatic heterocycles. The molecule has 0 aliphatic carbocycles. The van der Waals surface area contributed by atoms with Crippen molar-refractivity contribution >= 4 is 0 Å². The fourth-order valence-electron chi connectivity index (χ4n) is 4.36. The fourth-order valence-corrected chi connectivity index (χ4v) is 4.36. The third-order valence-electron chi connectivity index (χ3n) is 7.15. The Bertz CT molecular complexity index is 407. The number of hydrogen-bond donors (Lipinski definition) is 0. The van der Waals surface area contributed by atoms with Gasteiger partial charge in [0.1, 0.15) is 0 Å². The Morgan fingerprint density at radius 1 is 0.875 bits per heavy atom. The largest absolute Gasteiger partial charge is 0.298 e. The van der Waals surface area contributed by atoms with Crippen molar-refractivity contribution in [1.82, 2.24) is 9.80 Å². The van der Waals surface area contributed by atoms with Crippen molar-refractivity contribution in [3.05, 3.63) is 0 Å². The van der Waals surface area contributed by atoms with Crippen LogP contribution in [0.1, 0.15) is 81.6 Å². The van der Waals surface area contributed by atoms with Crippen LogP contribution in [0, 0.1) is 23.2 Å². The van der Waals surface area contributed by atoms with Crippen LogP contribution in [0.25, 0.3) is 0 Å². The zero-order valence-electron chi connectivity index (χ0n) is 18.1. The van der Waals surface area contributed by atoms with Crippen LogP contribution in [0.15, 0.2) is 0 Å². The Morgan fingerprint density at radius 2 is 1.46 bits per heavy atom. The minimum Gasteiger partial charge on any atom is -0.298 e. The molecule has 24 heavy (non-hydrogen) atoms. The van der Waals surface area contributed by atoms with Gasteiger partial charge >= 0.3 is 0 Å². The van der Waals surface area contributed by atoms with Gasteiger partial charge in [0.15, 0.2) is 0 Å². The average Bonchev–Trinajstić information content (AvgIpc) is 2.81. The van der Waals surface area contributed by atoms with Crippen molar-refractivity contribution in [2.45, 2.75) is 92.7 Å². The van der Waals surface area contributed by atoms with E-state index >= 15 is 0 Å². The highest BCUT2D eigenvalue weighted by Gasteiger charge is 2.42. The van der Waals surface area contributed by atoms with E-state index in [0.717, 1.165) is 17.8 Å². The predicted octanol–water partition coefficient (Wildman–Crippen LogP) is 5.28. The van der Waals surface area contributed by atoms with Gasteiger partial charge in [0.05, 0.1) is 0 Å². The topological polar surface area (TPSA) is 6.48 Å². The monoisotopic (exact) mass is 336 g/mol. The molecule has 2 nitrogen and oxygen atoms in total. The van der Waals surface area contributed by atoms with Crippen LogP contribution < -0.4 is 0 Å². The maximum absolute atomic E-state index is 2.73. The van der Waals surface area contributed by atoms with Gasteiger partial charge in [-0.05, 0) is 83.6 Å². The molecule has 0 radical (unpaired) electrons. The Hall–Kier alpha value is -0.0800. The zero-order valence-corrected chi connectivity index (χ0v) is 18.1. The van der Waals surface area contributed by atoms with Crippen LogP contribution in [-0.2, 0) is 0 Å². The molecule has 2 saturated heterocycles. The first kappa shape index (κ1) is 20.2. The van der Waals surface area contributed by atoms with Gasteiger partial charge in [-0.25, -0.2) is 0 Å². The van der Waals surface area contributed by atoms with Gasteiger partial charge in [0, 0.05) is 30.7 Å². The molecule has 0 bridgehead atoms. The Morgan fingerprint density at radius 3 is 1.92 bits per heavy atom. The van der Waals surface area contributed by atoms with Gasteiger partial charge in [-0.1, -0.05) is 27.7 Å². The summed E-state index contributed by atoms with van der Waals surface area (Å²) in [7, 11) is 0. The van der Waals surface area contributed by atoms with Crippen LogP contribution in [0.3, 0.4) is 0 Å². The van der Waals surface area contributed by atoms with Crippen molar-refractivity contribution in [1.29, 1.82) is 0 Å². The summed E-state index contributed by atoms with van der Waals surface area (Å²) in [6.45, 7) is 26.9. The predicted molar refractivity (Wildman–Crippen MR) is 106 cm³/mol. The highest BCUT2D eigenvalue weighted by Crippen LogP contribution is 2.40. The normalized spacial score (nSPS) is 26.6. The van der Waals surface area contributed by atoms with E-state index in [-0.39, 0.29) is 0 Å². The molecule has 0 amide bonds. The van der Waals surface area contributed by atoms with E-state index in [2.05, 4.69) is 72.1 Å². The minimum atomic E-state index is 0.341. The summed E-state index contributed by atoms with van der Waals surface area (Å²) in [4.78, 5) is 5.41. The van der Waals surface area contributed by atoms with Gasteiger partial charge in [-0.3, -0.25) is 9.80 Å². The number of likely N-dealkylation sites (tertiary alicyclic amines) is 2. The SMILES string of the molecule is CC(CCC(C)(C)N1CC(C(C)(C)C)C1)C1CCN(C(C)(C)C)C1. The molecule has 2 unspecified atom stereocenters. The number of hydrogen-bond acceptors (Lipinski definition) is 2. The summed E-state index contributed by atoms with van der Waals surface area (Å²) in [6, 6.07) is 0. The van der Waals surface area contributed by atoms with E-state index in [4.69, 9.17) is 0 Å². The molecule has 0 aromatic heterocycles. The third kappa shape index (κ3) is 4.75. The summed E-state index contributed by atoms with van der Waals surface area (Å²) >= 11 is 0. The van der Waals surface area contributed by atoms with E-state index in [1.165, 1.54) is 45.4 Å². The molecule has 2 aliphatic rings. The maximum atomic E-state index is 2.73. The Balaban J connectivity index is 1.77. The number of rotatable bonds is 5. The molecule has 2 heteroatoms. The smallest absolute Gasteiger partial charge is 0.0153 e. The van der Waals surface area contributed by atoms with Gasteiger partial charge in [0.2, 0.25) is 0 Å². The van der Waals surface area contributed by atoms with Gasteiger partial charge in [-0.15, -0.1) is 0 Å². The second-order valence-corrected chi connectivity index (χ2v) is 11.5. The summed E-state index contributed by atoms with van der Waals surface area (Å²) in [5.74, 6) is 2.64. The van der Waals surface area contributed by atoms with E-state index in [1.54, 1.807) is 0 Å². The van der Waals surface area contributed by atoms with Crippen LogP contribution >= 0.6 is 0 Å². The van der Waals surface area contributed by atoms with E-state index < -0.39 is 0 Å². The lowest BCUT2D eigenvalue weighted by Crippen LogP contribution is -2.60. The van der Waals surface area contributed by atoms with Crippen molar-refractivity contribution in [2.75, 3.05) is 26.2 Å². The lowest BCUT2D eigenvalue weighted by molar-refractivity contribution is -0.0475. The van der Waals surface area contributed by atoms with Crippen LogP contribution in [0.2, 0.25) is 0 Å². The first-order valence-electron chi connectivity index (χ1n) is 10.3. The second kappa shape index (κ2) is 6.91. The van der Waals surface area contributed by atoms with E-state index in [0.29, 0.717) is 16.5 Å².